The summed E-state index contributed by atoms with van der Waals surface area (Å²) in [6.07, 6.45) is 0. The lowest BCUT2D eigenvalue weighted by molar-refractivity contribution is 0.0599. The minimum Gasteiger partial charge on any atom is -0.465 e. The van der Waals surface area contributed by atoms with E-state index in [1.807, 2.05) is 19.1 Å². The van der Waals surface area contributed by atoms with Gasteiger partial charge in [-0.1, -0.05) is 18.2 Å². The molecule has 0 aliphatic rings. The minimum absolute atomic E-state index is 0.00358. The van der Waals surface area contributed by atoms with Crippen LogP contribution >= 0.6 is 0 Å². The Kier molecular flexibility index (Phi) is 3.02. The van der Waals surface area contributed by atoms with E-state index in [9.17, 15) is 9.59 Å². The predicted octanol–water partition coefficient (Wildman–Crippen LogP) is 2.35. The van der Waals surface area contributed by atoms with E-state index in [0.29, 0.717) is 5.52 Å². The highest BCUT2D eigenvalue weighted by molar-refractivity contribution is 5.94. The van der Waals surface area contributed by atoms with Crippen LogP contribution in [0.2, 0.25) is 0 Å². The number of ether oxygens (including phenoxy) is 1. The number of H-pyrrole nitrogens is 1. The molecule has 4 nitrogen and oxygen atoms in total. The number of pyridine rings is 1. The third kappa shape index (κ3) is 2.05. The van der Waals surface area contributed by atoms with E-state index < -0.39 is 11.5 Å². The largest absolute Gasteiger partial charge is 0.465 e. The van der Waals surface area contributed by atoms with Gasteiger partial charge in [-0.25, -0.2) is 4.79 Å². The van der Waals surface area contributed by atoms with Crippen molar-refractivity contribution in [1.29, 1.82) is 0 Å². The van der Waals surface area contributed by atoms with Crippen molar-refractivity contribution >= 4 is 22.4 Å². The molecule has 1 aromatic heterocycles. The highest BCUT2D eigenvalue weighted by Gasteiger charge is 2.12. The number of carbonyl (C=O) groups is 1. The van der Waals surface area contributed by atoms with Gasteiger partial charge in [0.25, 0.3) is 5.56 Å². The smallest absolute Gasteiger partial charge is 0.343 e. The number of fused-ring (bicyclic) bond motifs is 1. The second-order valence-corrected chi connectivity index (χ2v) is 4.09. The van der Waals surface area contributed by atoms with Crippen LogP contribution in [0, 0.1) is 0 Å². The van der Waals surface area contributed by atoms with Crippen molar-refractivity contribution in [1.82, 2.24) is 4.98 Å². The fraction of sp³-hybridized carbons (Fsp3) is 0.143. The number of rotatable bonds is 2. The van der Waals surface area contributed by atoms with E-state index in [1.165, 1.54) is 13.2 Å². The van der Waals surface area contributed by atoms with E-state index in [1.54, 1.807) is 6.07 Å². The van der Waals surface area contributed by atoms with Gasteiger partial charge in [0.2, 0.25) is 0 Å². The molecule has 0 aliphatic carbocycles. The van der Waals surface area contributed by atoms with Crippen LogP contribution in [0.25, 0.3) is 16.5 Å². The Hall–Kier alpha value is -2.36. The summed E-state index contributed by atoms with van der Waals surface area (Å²) in [4.78, 5) is 25.8. The maximum atomic E-state index is 11.7. The Bertz CT molecular complexity index is 698. The molecule has 2 rings (SSSR count). The SMILES string of the molecule is C=C(C)c1ccc2[nH]c(=O)c(C(=O)OC)cc2c1. The number of allylic oxidation sites excluding steroid dienone is 1. The zero-order chi connectivity index (χ0) is 13.3. The monoisotopic (exact) mass is 243 g/mol. The van der Waals surface area contributed by atoms with E-state index in [4.69, 9.17) is 0 Å². The first-order valence-electron chi connectivity index (χ1n) is 5.44. The number of hydrogen-bond donors (Lipinski definition) is 1. The number of aromatic amines is 1. The molecular weight excluding hydrogens is 230 g/mol. The molecule has 92 valence electrons. The zero-order valence-electron chi connectivity index (χ0n) is 10.2. The third-order valence-electron chi connectivity index (χ3n) is 2.74. The molecule has 0 aliphatic heterocycles. The molecule has 0 saturated carbocycles. The second-order valence-electron chi connectivity index (χ2n) is 4.09. The van der Waals surface area contributed by atoms with Crippen LogP contribution < -0.4 is 5.56 Å². The van der Waals surface area contributed by atoms with Gasteiger partial charge in [-0.05, 0) is 36.1 Å². The summed E-state index contributed by atoms with van der Waals surface area (Å²) < 4.78 is 4.57. The van der Waals surface area contributed by atoms with Crippen molar-refractivity contribution in [3.05, 3.63) is 52.3 Å². The fourth-order valence-corrected chi connectivity index (χ4v) is 1.73. The first kappa shape index (κ1) is 12.1. The van der Waals surface area contributed by atoms with Gasteiger partial charge in [-0.2, -0.15) is 0 Å². The van der Waals surface area contributed by atoms with E-state index in [-0.39, 0.29) is 5.56 Å². The van der Waals surface area contributed by atoms with Gasteiger partial charge in [-0.15, -0.1) is 0 Å². The lowest BCUT2D eigenvalue weighted by Gasteiger charge is -2.04. The maximum absolute atomic E-state index is 11.7. The Labute approximate surface area is 104 Å². The number of aromatic nitrogens is 1. The molecule has 0 bridgehead atoms. The maximum Gasteiger partial charge on any atom is 0.343 e. The minimum atomic E-state index is -0.640. The molecule has 1 aromatic carbocycles. The van der Waals surface area contributed by atoms with Crippen LogP contribution in [0.1, 0.15) is 22.8 Å². The Morgan fingerprint density at radius 2 is 2.06 bits per heavy atom. The molecular formula is C14H13NO3. The number of hydrogen-bond acceptors (Lipinski definition) is 3. The van der Waals surface area contributed by atoms with Crippen molar-refractivity contribution in [2.75, 3.05) is 7.11 Å². The molecule has 4 heteroatoms. The van der Waals surface area contributed by atoms with Gasteiger partial charge in [-0.3, -0.25) is 4.79 Å². The summed E-state index contributed by atoms with van der Waals surface area (Å²) in [6.45, 7) is 5.76. The quantitative estimate of drug-likeness (QED) is 0.823. The molecule has 2 aromatic rings. The lowest BCUT2D eigenvalue weighted by Crippen LogP contribution is -2.18. The molecule has 18 heavy (non-hydrogen) atoms. The Balaban J connectivity index is 2.71. The lowest BCUT2D eigenvalue weighted by atomic mass is 10.0. The van der Waals surface area contributed by atoms with Crippen LogP contribution in [-0.4, -0.2) is 18.1 Å². The average Bonchev–Trinajstić information content (AvgIpc) is 2.36. The number of carbonyl (C=O) groups excluding carboxylic acids is 1. The van der Waals surface area contributed by atoms with Gasteiger partial charge >= 0.3 is 5.97 Å². The number of benzene rings is 1. The summed E-state index contributed by atoms with van der Waals surface area (Å²) in [7, 11) is 1.25. The van der Waals surface area contributed by atoms with Crippen LogP contribution in [0.4, 0.5) is 0 Å². The molecule has 0 unspecified atom stereocenters. The summed E-state index contributed by atoms with van der Waals surface area (Å²) >= 11 is 0. The van der Waals surface area contributed by atoms with Crippen molar-refractivity contribution < 1.29 is 9.53 Å². The van der Waals surface area contributed by atoms with Crippen molar-refractivity contribution in [3.8, 4) is 0 Å². The molecule has 0 fully saturated rings. The summed E-state index contributed by atoms with van der Waals surface area (Å²) in [5.74, 6) is -0.640. The van der Waals surface area contributed by atoms with Crippen molar-refractivity contribution in [2.45, 2.75) is 6.92 Å². The van der Waals surface area contributed by atoms with Crippen LogP contribution in [0.5, 0.6) is 0 Å². The van der Waals surface area contributed by atoms with Gasteiger partial charge in [0, 0.05) is 5.52 Å². The molecule has 1 heterocycles. The zero-order valence-corrected chi connectivity index (χ0v) is 10.2. The van der Waals surface area contributed by atoms with Crippen LogP contribution in [0.15, 0.2) is 35.6 Å². The Morgan fingerprint density at radius 3 is 2.67 bits per heavy atom. The number of methoxy groups -OCH3 is 1. The van der Waals surface area contributed by atoms with Gasteiger partial charge in [0.1, 0.15) is 5.56 Å². The van der Waals surface area contributed by atoms with Crippen LogP contribution in [-0.2, 0) is 4.74 Å². The molecule has 0 amide bonds. The van der Waals surface area contributed by atoms with Crippen molar-refractivity contribution in [2.24, 2.45) is 0 Å². The first-order valence-corrected chi connectivity index (χ1v) is 5.44. The topological polar surface area (TPSA) is 59.2 Å². The standard InChI is InChI=1S/C14H13NO3/c1-8(2)9-4-5-12-10(6-9)7-11(13(16)15-12)14(17)18-3/h4-7H,1H2,2-3H3,(H,15,16). The highest BCUT2D eigenvalue weighted by Crippen LogP contribution is 2.18. The third-order valence-corrected chi connectivity index (χ3v) is 2.74. The van der Waals surface area contributed by atoms with E-state index in [0.717, 1.165) is 16.5 Å². The summed E-state index contributed by atoms with van der Waals surface area (Å²) in [6, 6.07) is 7.08. The Morgan fingerprint density at radius 1 is 1.33 bits per heavy atom. The van der Waals surface area contributed by atoms with Gasteiger partial charge < -0.3 is 9.72 Å². The van der Waals surface area contributed by atoms with Crippen LogP contribution in [0.3, 0.4) is 0 Å². The summed E-state index contributed by atoms with van der Waals surface area (Å²) in [5, 5.41) is 0.774. The molecule has 0 radical (unpaired) electrons. The fourth-order valence-electron chi connectivity index (χ4n) is 1.73. The summed E-state index contributed by atoms with van der Waals surface area (Å²) in [5.41, 5.74) is 2.12. The second kappa shape index (κ2) is 4.49. The normalized spacial score (nSPS) is 10.3. The highest BCUT2D eigenvalue weighted by atomic mass is 16.5. The number of esters is 1. The van der Waals surface area contributed by atoms with E-state index in [2.05, 4.69) is 16.3 Å². The van der Waals surface area contributed by atoms with Gasteiger partial charge in [0.05, 0.1) is 7.11 Å². The molecule has 0 saturated heterocycles. The van der Waals surface area contributed by atoms with E-state index >= 15 is 0 Å². The average molecular weight is 243 g/mol. The molecule has 1 N–H and O–H groups in total. The number of nitrogens with one attached hydrogen (secondary N) is 1. The predicted molar refractivity (Wildman–Crippen MR) is 70.6 cm³/mol. The molecule has 0 atom stereocenters. The first-order chi connectivity index (χ1) is 8.52. The van der Waals surface area contributed by atoms with Crippen molar-refractivity contribution in [3.63, 3.8) is 0 Å². The molecule has 0 spiro atoms. The van der Waals surface area contributed by atoms with Gasteiger partial charge in [0.15, 0.2) is 0 Å².